The van der Waals surface area contributed by atoms with E-state index in [1.165, 1.54) is 0 Å². The lowest BCUT2D eigenvalue weighted by atomic mass is 9.58. The summed E-state index contributed by atoms with van der Waals surface area (Å²) in [6.07, 6.45) is 0.219. The van der Waals surface area contributed by atoms with Crippen LogP contribution in [-0.4, -0.2) is 49.5 Å². The van der Waals surface area contributed by atoms with Crippen LogP contribution < -0.4 is 11.5 Å². The number of hydrogen-bond acceptors (Lipinski definition) is 8. The summed E-state index contributed by atoms with van der Waals surface area (Å²) in [6, 6.07) is 7.36. The zero-order valence-corrected chi connectivity index (χ0v) is 16.7. The fourth-order valence-corrected chi connectivity index (χ4v) is 5.44. The number of aliphatic hydroxyl groups is 3. The molecule has 164 valence electrons. The van der Waals surface area contributed by atoms with Crippen molar-refractivity contribution >= 4 is 34.0 Å². The van der Waals surface area contributed by atoms with Crippen LogP contribution in [0.4, 0.5) is 0 Å². The molecular formula is C23H20N2O7. The third-order valence-corrected chi connectivity index (χ3v) is 6.96. The largest absolute Gasteiger partial charge is 0.508 e. The molecule has 0 aromatic heterocycles. The molecule has 9 heteroatoms. The average Bonchev–Trinajstić information content (AvgIpc) is 2.74. The molecule has 0 radical (unpaired) electrons. The van der Waals surface area contributed by atoms with E-state index in [0.717, 1.165) is 5.39 Å². The van der Waals surface area contributed by atoms with Crippen LogP contribution in [0.1, 0.15) is 17.5 Å². The Morgan fingerprint density at radius 1 is 1.12 bits per heavy atom. The van der Waals surface area contributed by atoms with Gasteiger partial charge in [0.2, 0.25) is 5.78 Å². The van der Waals surface area contributed by atoms with Gasteiger partial charge in [0.05, 0.1) is 11.6 Å². The Hall–Kier alpha value is -3.69. The molecule has 1 saturated carbocycles. The standard InChI is InChI=1S/C23H20N2O7/c24-16-12-7-10-6-9-5-8-3-1-2-4-11(8)17(26)13(9)18(27)14(10)20(29)23(12,32)21(30)15(19(16)28)22(25)31/h1-5,10,12,16,26-27,30,32H,6-7,24H2,(H2,25,31)/t10-,12-,16-,23-/m0/s1. The van der Waals surface area contributed by atoms with Gasteiger partial charge in [0.25, 0.3) is 5.91 Å². The minimum Gasteiger partial charge on any atom is -0.508 e. The number of aromatic hydroxyl groups is 1. The molecule has 0 spiro atoms. The number of amides is 1. The van der Waals surface area contributed by atoms with Crippen molar-refractivity contribution in [3.05, 3.63) is 58.4 Å². The van der Waals surface area contributed by atoms with Gasteiger partial charge in [-0.05, 0) is 29.7 Å². The highest BCUT2D eigenvalue weighted by atomic mass is 16.3. The van der Waals surface area contributed by atoms with Gasteiger partial charge in [-0.3, -0.25) is 14.4 Å². The van der Waals surface area contributed by atoms with Crippen molar-refractivity contribution < 1.29 is 34.8 Å². The normalized spacial score (nSPS) is 29.6. The van der Waals surface area contributed by atoms with E-state index in [-0.39, 0.29) is 29.7 Å². The first kappa shape index (κ1) is 20.2. The monoisotopic (exact) mass is 436 g/mol. The molecule has 1 fully saturated rings. The Labute approximate surface area is 181 Å². The Bertz CT molecular complexity index is 1330. The molecule has 0 bridgehead atoms. The zero-order valence-electron chi connectivity index (χ0n) is 16.7. The van der Waals surface area contributed by atoms with Gasteiger partial charge >= 0.3 is 0 Å². The van der Waals surface area contributed by atoms with E-state index >= 15 is 0 Å². The Balaban J connectivity index is 1.76. The van der Waals surface area contributed by atoms with Crippen LogP contribution in [0.25, 0.3) is 16.5 Å². The number of carbonyl (C=O) groups excluding carboxylic acids is 3. The van der Waals surface area contributed by atoms with Crippen molar-refractivity contribution in [1.29, 1.82) is 0 Å². The highest BCUT2D eigenvalue weighted by molar-refractivity contribution is 6.24. The van der Waals surface area contributed by atoms with Gasteiger partial charge in [-0.25, -0.2) is 0 Å². The third-order valence-electron chi connectivity index (χ3n) is 6.96. The van der Waals surface area contributed by atoms with Crippen LogP contribution in [0.5, 0.6) is 5.75 Å². The number of aliphatic hydroxyl groups excluding tert-OH is 2. The Kier molecular flexibility index (Phi) is 4.05. The lowest BCUT2D eigenvalue weighted by Crippen LogP contribution is -2.65. The van der Waals surface area contributed by atoms with E-state index in [1.54, 1.807) is 30.3 Å². The number of phenols is 1. The van der Waals surface area contributed by atoms with E-state index in [4.69, 9.17) is 11.5 Å². The summed E-state index contributed by atoms with van der Waals surface area (Å²) in [5.74, 6) is -7.07. The number of fused-ring (bicyclic) bond motifs is 4. The first-order chi connectivity index (χ1) is 15.1. The minimum absolute atomic E-state index is 0.0162. The molecule has 2 aromatic carbocycles. The van der Waals surface area contributed by atoms with Gasteiger partial charge in [0.1, 0.15) is 22.8 Å². The second-order valence-electron chi connectivity index (χ2n) is 8.56. The fraction of sp³-hybridized carbons (Fsp3) is 0.261. The van der Waals surface area contributed by atoms with Crippen LogP contribution in [-0.2, 0) is 20.8 Å². The molecule has 0 saturated heterocycles. The van der Waals surface area contributed by atoms with Gasteiger partial charge in [-0.15, -0.1) is 0 Å². The highest BCUT2D eigenvalue weighted by Gasteiger charge is 2.63. The predicted octanol–water partition coefficient (Wildman–Crippen LogP) is 0.514. The quantitative estimate of drug-likeness (QED) is 0.349. The summed E-state index contributed by atoms with van der Waals surface area (Å²) in [7, 11) is 0. The van der Waals surface area contributed by atoms with E-state index in [1.807, 2.05) is 0 Å². The maximum Gasteiger partial charge on any atom is 0.255 e. The SMILES string of the molecule is NC(=O)C1=C(O)[C@@]2(O)C(=O)C3=C(O)c4c(cc5ccccc5c4O)C[C@H]3C[C@H]2[C@H](N)C1=O. The summed E-state index contributed by atoms with van der Waals surface area (Å²) in [5.41, 5.74) is 8.02. The summed E-state index contributed by atoms with van der Waals surface area (Å²) in [4.78, 5) is 37.7. The number of phenolic OH excluding ortho intramolecular Hbond substituents is 1. The first-order valence-corrected chi connectivity index (χ1v) is 10.1. The number of primary amides is 1. The van der Waals surface area contributed by atoms with Crippen molar-refractivity contribution in [2.45, 2.75) is 24.5 Å². The van der Waals surface area contributed by atoms with E-state index < -0.39 is 58.0 Å². The number of nitrogens with two attached hydrogens (primary N) is 2. The summed E-state index contributed by atoms with van der Waals surface area (Å²) < 4.78 is 0. The second kappa shape index (κ2) is 6.41. The lowest BCUT2D eigenvalue weighted by molar-refractivity contribution is -0.149. The number of benzene rings is 2. The van der Waals surface area contributed by atoms with Crippen molar-refractivity contribution in [2.24, 2.45) is 23.3 Å². The Morgan fingerprint density at radius 3 is 2.50 bits per heavy atom. The first-order valence-electron chi connectivity index (χ1n) is 10.1. The Morgan fingerprint density at radius 2 is 1.81 bits per heavy atom. The minimum atomic E-state index is -2.69. The topological polar surface area (TPSA) is 184 Å². The molecule has 2 aromatic rings. The van der Waals surface area contributed by atoms with Crippen molar-refractivity contribution in [3.63, 3.8) is 0 Å². The van der Waals surface area contributed by atoms with E-state index in [0.29, 0.717) is 10.9 Å². The molecule has 3 aliphatic carbocycles. The zero-order chi connectivity index (χ0) is 23.1. The fourth-order valence-electron chi connectivity index (χ4n) is 5.44. The second-order valence-corrected chi connectivity index (χ2v) is 8.56. The molecule has 1 amide bonds. The third kappa shape index (κ3) is 2.32. The molecule has 9 nitrogen and oxygen atoms in total. The number of hydrogen-bond donors (Lipinski definition) is 6. The van der Waals surface area contributed by atoms with Gasteiger partial charge in [-0.1, -0.05) is 30.3 Å². The number of rotatable bonds is 1. The summed E-state index contributed by atoms with van der Waals surface area (Å²) in [5, 5.41) is 45.0. The van der Waals surface area contributed by atoms with E-state index in [9.17, 15) is 34.8 Å². The molecular weight excluding hydrogens is 416 g/mol. The van der Waals surface area contributed by atoms with Crippen LogP contribution in [0.3, 0.4) is 0 Å². The summed E-state index contributed by atoms with van der Waals surface area (Å²) in [6.45, 7) is 0. The van der Waals surface area contributed by atoms with Crippen molar-refractivity contribution in [1.82, 2.24) is 0 Å². The molecule has 4 atom stereocenters. The average molecular weight is 436 g/mol. The smallest absolute Gasteiger partial charge is 0.255 e. The predicted molar refractivity (Wildman–Crippen MR) is 112 cm³/mol. The van der Waals surface area contributed by atoms with Crippen molar-refractivity contribution in [3.8, 4) is 5.75 Å². The molecule has 5 rings (SSSR count). The molecule has 32 heavy (non-hydrogen) atoms. The van der Waals surface area contributed by atoms with Crippen LogP contribution in [0, 0.1) is 11.8 Å². The molecule has 3 aliphatic rings. The van der Waals surface area contributed by atoms with Gasteiger partial charge in [-0.2, -0.15) is 0 Å². The van der Waals surface area contributed by atoms with Crippen molar-refractivity contribution in [2.75, 3.05) is 0 Å². The number of Topliss-reactive ketones (excluding diaryl/α,β-unsaturated/α-hetero) is 2. The molecule has 8 N–H and O–H groups in total. The molecule has 0 aliphatic heterocycles. The summed E-state index contributed by atoms with van der Waals surface area (Å²) >= 11 is 0. The maximum absolute atomic E-state index is 13.5. The maximum atomic E-state index is 13.5. The van der Waals surface area contributed by atoms with Crippen LogP contribution in [0.15, 0.2) is 47.2 Å². The van der Waals surface area contributed by atoms with Gasteiger partial charge < -0.3 is 31.9 Å². The van der Waals surface area contributed by atoms with Crippen LogP contribution >= 0.6 is 0 Å². The lowest BCUT2D eigenvalue weighted by Gasteiger charge is -2.48. The van der Waals surface area contributed by atoms with Gasteiger partial charge in [0.15, 0.2) is 11.4 Å². The highest BCUT2D eigenvalue weighted by Crippen LogP contribution is 2.52. The van der Waals surface area contributed by atoms with Gasteiger partial charge in [0, 0.05) is 16.9 Å². The number of ketones is 2. The van der Waals surface area contributed by atoms with Crippen LogP contribution in [0.2, 0.25) is 0 Å². The molecule has 0 heterocycles. The molecule has 0 unspecified atom stereocenters. The van der Waals surface area contributed by atoms with E-state index in [2.05, 4.69) is 0 Å². The number of carbonyl (C=O) groups is 3.